The number of hydrogen-bond donors (Lipinski definition) is 1. The van der Waals surface area contributed by atoms with E-state index in [4.69, 9.17) is 0 Å². The van der Waals surface area contributed by atoms with Crippen LogP contribution in [0, 0.1) is 52.3 Å². The van der Waals surface area contributed by atoms with Crippen molar-refractivity contribution in [3.63, 3.8) is 0 Å². The lowest BCUT2D eigenvalue weighted by molar-refractivity contribution is -0.0540. The monoisotopic (exact) mass is 430 g/mol. The number of rotatable bonds is 6. The van der Waals surface area contributed by atoms with E-state index in [1.54, 1.807) is 5.57 Å². The average molecular weight is 431 g/mol. The highest BCUT2D eigenvalue weighted by atomic mass is 19.1. The fourth-order valence-electron chi connectivity index (χ4n) is 8.78. The molecule has 0 saturated heterocycles. The lowest BCUT2D eigenvalue weighted by Gasteiger charge is -2.58. The molecule has 2 heteroatoms. The van der Waals surface area contributed by atoms with Crippen molar-refractivity contribution in [1.29, 1.82) is 0 Å². The molecule has 0 aliphatic heterocycles. The molecule has 4 aliphatic rings. The van der Waals surface area contributed by atoms with Crippen LogP contribution >= 0.6 is 0 Å². The Morgan fingerprint density at radius 3 is 2.55 bits per heavy atom. The highest BCUT2D eigenvalue weighted by Crippen LogP contribution is 2.67. The van der Waals surface area contributed by atoms with Gasteiger partial charge in [0.05, 0.1) is 12.8 Å². The minimum atomic E-state index is -0.209. The maximum Gasteiger partial charge on any atom is 0.0900 e. The van der Waals surface area contributed by atoms with Gasteiger partial charge in [-0.1, -0.05) is 58.4 Å². The van der Waals surface area contributed by atoms with Gasteiger partial charge >= 0.3 is 0 Å². The molecule has 1 nitrogen and oxygen atoms in total. The summed E-state index contributed by atoms with van der Waals surface area (Å²) in [5.74, 6) is 4.73. The summed E-state index contributed by atoms with van der Waals surface area (Å²) in [5.41, 5.74) is 2.37. The number of allylic oxidation sites excluding steroid dienone is 3. The molecule has 0 aromatic carbocycles. The van der Waals surface area contributed by atoms with Crippen molar-refractivity contribution >= 4 is 0 Å². The van der Waals surface area contributed by atoms with Gasteiger partial charge in [0.1, 0.15) is 0 Å². The second kappa shape index (κ2) is 8.96. The molecule has 0 amide bonds. The molecule has 0 spiro atoms. The van der Waals surface area contributed by atoms with Crippen molar-refractivity contribution in [3.8, 4) is 0 Å². The van der Waals surface area contributed by atoms with Crippen LogP contribution in [0.15, 0.2) is 23.8 Å². The average Bonchev–Trinajstić information content (AvgIpc) is 3.08. The third-order valence-electron chi connectivity index (χ3n) is 10.7. The highest BCUT2D eigenvalue weighted by Gasteiger charge is 2.58. The van der Waals surface area contributed by atoms with Crippen LogP contribution < -0.4 is 0 Å². The van der Waals surface area contributed by atoms with E-state index in [9.17, 15) is 9.50 Å². The van der Waals surface area contributed by atoms with E-state index in [0.29, 0.717) is 35.0 Å². The minimum Gasteiger partial charge on any atom is -0.393 e. The van der Waals surface area contributed by atoms with Crippen LogP contribution in [-0.4, -0.2) is 17.9 Å². The first kappa shape index (κ1) is 23.5. The Morgan fingerprint density at radius 1 is 1.06 bits per heavy atom. The van der Waals surface area contributed by atoms with E-state index in [2.05, 4.69) is 52.8 Å². The van der Waals surface area contributed by atoms with Crippen LogP contribution in [0.1, 0.15) is 92.4 Å². The molecule has 0 unspecified atom stereocenters. The molecule has 3 saturated carbocycles. The lowest BCUT2D eigenvalue weighted by Crippen LogP contribution is -2.50. The highest BCUT2D eigenvalue weighted by molar-refractivity contribution is 5.25. The number of hydrogen-bond acceptors (Lipinski definition) is 1. The van der Waals surface area contributed by atoms with Gasteiger partial charge < -0.3 is 5.11 Å². The van der Waals surface area contributed by atoms with Crippen LogP contribution in [0.4, 0.5) is 4.39 Å². The quantitative estimate of drug-likeness (QED) is 0.427. The van der Waals surface area contributed by atoms with Crippen molar-refractivity contribution in [1.82, 2.24) is 0 Å². The van der Waals surface area contributed by atoms with Gasteiger partial charge in [-0.15, -0.1) is 0 Å². The zero-order valence-electron chi connectivity index (χ0n) is 20.7. The summed E-state index contributed by atoms with van der Waals surface area (Å²) in [6.07, 6.45) is 17.7. The fraction of sp³-hybridized carbons (Fsp3) is 0.862. The molecule has 3 fully saturated rings. The third kappa shape index (κ3) is 4.09. The number of aliphatic hydroxyl groups is 1. The van der Waals surface area contributed by atoms with Gasteiger partial charge in [-0.2, -0.15) is 0 Å². The van der Waals surface area contributed by atoms with E-state index in [0.717, 1.165) is 36.5 Å². The lowest BCUT2D eigenvalue weighted by atomic mass is 9.47. The van der Waals surface area contributed by atoms with Crippen LogP contribution in [0.25, 0.3) is 0 Å². The van der Waals surface area contributed by atoms with Crippen molar-refractivity contribution in [2.75, 3.05) is 6.67 Å². The maximum atomic E-state index is 13.0. The van der Waals surface area contributed by atoms with Crippen LogP contribution in [-0.2, 0) is 0 Å². The van der Waals surface area contributed by atoms with Gasteiger partial charge in [-0.05, 0) is 110 Å². The molecular weight excluding hydrogens is 383 g/mol. The molecule has 9 atom stereocenters. The van der Waals surface area contributed by atoms with Crippen molar-refractivity contribution < 1.29 is 9.50 Å². The summed E-state index contributed by atoms with van der Waals surface area (Å²) in [5, 5.41) is 10.2. The number of aliphatic hydroxyl groups excluding tert-OH is 1. The number of halogens is 1. The van der Waals surface area contributed by atoms with E-state index in [-0.39, 0.29) is 12.8 Å². The van der Waals surface area contributed by atoms with Crippen LogP contribution in [0.2, 0.25) is 0 Å². The Labute approximate surface area is 191 Å². The number of fused-ring (bicyclic) bond motifs is 5. The molecule has 0 aromatic heterocycles. The Kier molecular flexibility index (Phi) is 6.80. The SMILES string of the molecule is CC(C)[C@H](/C=C/[C@@H](C)[C@H]1CC[C@H]2[C@@H]3CC=C4C[C@@H](O)CC[C@]4(C)[C@H]3CC[C@]12C)CCF. The minimum absolute atomic E-state index is 0.111. The first-order chi connectivity index (χ1) is 14.7. The molecule has 4 aliphatic carbocycles. The molecule has 0 bridgehead atoms. The molecule has 1 N–H and O–H groups in total. The Bertz CT molecular complexity index is 695. The topological polar surface area (TPSA) is 20.2 Å². The Hall–Kier alpha value is -0.630. The first-order valence-corrected chi connectivity index (χ1v) is 13.3. The normalized spacial score (nSPS) is 44.5. The van der Waals surface area contributed by atoms with Gasteiger partial charge in [0.2, 0.25) is 0 Å². The summed E-state index contributed by atoms with van der Waals surface area (Å²) in [6.45, 7) is 11.8. The summed E-state index contributed by atoms with van der Waals surface area (Å²) >= 11 is 0. The van der Waals surface area contributed by atoms with Gasteiger partial charge in [0.15, 0.2) is 0 Å². The molecular formula is C29H47FO. The molecule has 0 radical (unpaired) electrons. The molecule has 31 heavy (non-hydrogen) atoms. The van der Waals surface area contributed by atoms with E-state index >= 15 is 0 Å². The largest absolute Gasteiger partial charge is 0.393 e. The van der Waals surface area contributed by atoms with Gasteiger partial charge in [-0.3, -0.25) is 4.39 Å². The summed E-state index contributed by atoms with van der Waals surface area (Å²) in [6, 6.07) is 0. The molecule has 0 heterocycles. The first-order valence-electron chi connectivity index (χ1n) is 13.3. The molecule has 176 valence electrons. The van der Waals surface area contributed by atoms with Crippen molar-refractivity contribution in [2.24, 2.45) is 52.3 Å². The van der Waals surface area contributed by atoms with Crippen molar-refractivity contribution in [2.45, 2.75) is 98.5 Å². The smallest absolute Gasteiger partial charge is 0.0900 e. The van der Waals surface area contributed by atoms with Crippen LogP contribution in [0.5, 0.6) is 0 Å². The predicted octanol–water partition coefficient (Wildman–Crippen LogP) is 7.75. The van der Waals surface area contributed by atoms with E-state index in [1.165, 1.54) is 38.5 Å². The van der Waals surface area contributed by atoms with E-state index in [1.807, 2.05) is 0 Å². The second-order valence-corrected chi connectivity index (χ2v) is 12.5. The summed E-state index contributed by atoms with van der Waals surface area (Å²) in [7, 11) is 0. The van der Waals surface area contributed by atoms with Crippen molar-refractivity contribution in [3.05, 3.63) is 23.8 Å². The Morgan fingerprint density at radius 2 is 1.84 bits per heavy atom. The fourth-order valence-corrected chi connectivity index (χ4v) is 8.78. The maximum absolute atomic E-state index is 13.0. The third-order valence-corrected chi connectivity index (χ3v) is 10.7. The van der Waals surface area contributed by atoms with Gasteiger partial charge in [0, 0.05) is 0 Å². The zero-order chi connectivity index (χ0) is 22.4. The van der Waals surface area contributed by atoms with E-state index < -0.39 is 0 Å². The predicted molar refractivity (Wildman–Crippen MR) is 128 cm³/mol. The summed E-state index contributed by atoms with van der Waals surface area (Å²) in [4.78, 5) is 0. The second-order valence-electron chi connectivity index (χ2n) is 12.5. The standard InChI is InChI=1S/C29H47FO/c1-19(2)21(14-17-30)7-6-20(3)25-10-11-26-24-9-8-22-18-23(31)12-15-28(22,4)27(24)13-16-29(25,26)5/h6-8,19-21,23-27,31H,9-18H2,1-5H3/b7-6+/t20-,21-,23+,24+,25-,26+,27+,28+,29-/m1/s1. The number of alkyl halides is 1. The Balaban J connectivity index is 1.50. The van der Waals surface area contributed by atoms with Crippen LogP contribution in [0.3, 0.4) is 0 Å². The molecule has 0 aromatic rings. The molecule has 4 rings (SSSR count). The summed E-state index contributed by atoms with van der Waals surface area (Å²) < 4.78 is 13.0. The van der Waals surface area contributed by atoms with Gasteiger partial charge in [0.25, 0.3) is 0 Å². The zero-order valence-corrected chi connectivity index (χ0v) is 20.7. The van der Waals surface area contributed by atoms with Gasteiger partial charge in [-0.25, -0.2) is 0 Å².